The molecule has 2 rings (SSSR count). The largest absolute Gasteiger partial charge is 0.398 e. The molecule has 0 radical (unpaired) electrons. The van der Waals surface area contributed by atoms with Gasteiger partial charge in [-0.3, -0.25) is 14.3 Å². The molecule has 2 aromatic rings. The lowest BCUT2D eigenvalue weighted by molar-refractivity contribution is 0.626. The Balaban J connectivity index is 2.43. The SMILES string of the molecule is Nc1cc(F)ccc1Cn1cc(Cl)c(=O)[nH]c1=O. The van der Waals surface area contributed by atoms with E-state index in [1.807, 2.05) is 0 Å². The van der Waals surface area contributed by atoms with Gasteiger partial charge in [-0.05, 0) is 17.7 Å². The molecular weight excluding hydrogens is 261 g/mol. The van der Waals surface area contributed by atoms with E-state index in [1.54, 1.807) is 0 Å². The Morgan fingerprint density at radius 2 is 2.11 bits per heavy atom. The minimum atomic E-state index is -0.648. The molecule has 0 bridgehead atoms. The number of H-pyrrole nitrogens is 1. The van der Waals surface area contributed by atoms with Crippen LogP contribution in [0.5, 0.6) is 0 Å². The van der Waals surface area contributed by atoms with Crippen LogP contribution in [0.25, 0.3) is 0 Å². The quantitative estimate of drug-likeness (QED) is 0.797. The molecule has 0 atom stereocenters. The molecule has 7 heteroatoms. The number of aromatic nitrogens is 2. The van der Waals surface area contributed by atoms with Crippen LogP contribution in [0, 0.1) is 5.82 Å². The summed E-state index contributed by atoms with van der Waals surface area (Å²) in [5.41, 5.74) is 5.16. The van der Waals surface area contributed by atoms with Gasteiger partial charge in [0.25, 0.3) is 5.56 Å². The highest BCUT2D eigenvalue weighted by Crippen LogP contribution is 2.14. The van der Waals surface area contributed by atoms with E-state index in [2.05, 4.69) is 4.98 Å². The molecule has 1 heterocycles. The average molecular weight is 270 g/mol. The van der Waals surface area contributed by atoms with E-state index in [9.17, 15) is 14.0 Å². The summed E-state index contributed by atoms with van der Waals surface area (Å²) >= 11 is 5.62. The van der Waals surface area contributed by atoms with E-state index in [1.165, 1.54) is 22.9 Å². The van der Waals surface area contributed by atoms with Crippen molar-refractivity contribution < 1.29 is 4.39 Å². The first kappa shape index (κ1) is 12.4. The molecule has 0 aliphatic rings. The number of rotatable bonds is 2. The summed E-state index contributed by atoms with van der Waals surface area (Å²) in [6.07, 6.45) is 1.21. The van der Waals surface area contributed by atoms with Gasteiger partial charge in [-0.15, -0.1) is 0 Å². The molecule has 0 fully saturated rings. The zero-order valence-corrected chi connectivity index (χ0v) is 9.87. The fourth-order valence-electron chi connectivity index (χ4n) is 1.49. The highest BCUT2D eigenvalue weighted by molar-refractivity contribution is 6.30. The van der Waals surface area contributed by atoms with Crippen LogP contribution in [0.15, 0.2) is 34.0 Å². The molecule has 0 saturated heterocycles. The molecule has 0 aliphatic heterocycles. The summed E-state index contributed by atoms with van der Waals surface area (Å²) in [4.78, 5) is 24.7. The van der Waals surface area contributed by atoms with Gasteiger partial charge in [-0.2, -0.15) is 0 Å². The second kappa shape index (κ2) is 4.66. The zero-order valence-electron chi connectivity index (χ0n) is 9.11. The van der Waals surface area contributed by atoms with Crippen LogP contribution in [0.3, 0.4) is 0 Å². The van der Waals surface area contributed by atoms with Crippen molar-refractivity contribution >= 4 is 17.3 Å². The molecule has 3 N–H and O–H groups in total. The maximum Gasteiger partial charge on any atom is 0.328 e. The van der Waals surface area contributed by atoms with Crippen molar-refractivity contribution in [2.45, 2.75) is 6.54 Å². The second-order valence-corrected chi connectivity index (χ2v) is 4.11. The van der Waals surface area contributed by atoms with Gasteiger partial charge in [0.15, 0.2) is 0 Å². The van der Waals surface area contributed by atoms with Gasteiger partial charge in [0.05, 0.1) is 6.54 Å². The van der Waals surface area contributed by atoms with Crippen molar-refractivity contribution in [3.8, 4) is 0 Å². The summed E-state index contributed by atoms with van der Waals surface area (Å²) in [6.45, 7) is 0.0987. The third-order valence-corrected chi connectivity index (χ3v) is 2.69. The maximum absolute atomic E-state index is 12.9. The van der Waals surface area contributed by atoms with Gasteiger partial charge in [0.2, 0.25) is 0 Å². The highest BCUT2D eigenvalue weighted by Gasteiger charge is 2.06. The number of nitrogens with two attached hydrogens (primary N) is 1. The first-order valence-corrected chi connectivity index (χ1v) is 5.38. The number of halogens is 2. The first-order valence-electron chi connectivity index (χ1n) is 5.00. The summed E-state index contributed by atoms with van der Waals surface area (Å²) in [5, 5.41) is -0.102. The van der Waals surface area contributed by atoms with Crippen molar-refractivity contribution in [3.05, 3.63) is 61.6 Å². The van der Waals surface area contributed by atoms with Crippen LogP contribution in [0.1, 0.15) is 5.56 Å². The summed E-state index contributed by atoms with van der Waals surface area (Å²) < 4.78 is 14.1. The normalized spacial score (nSPS) is 10.6. The van der Waals surface area contributed by atoms with Crippen LogP contribution < -0.4 is 17.0 Å². The van der Waals surface area contributed by atoms with Crippen LogP contribution in [0.4, 0.5) is 10.1 Å². The van der Waals surface area contributed by atoms with Crippen molar-refractivity contribution in [3.63, 3.8) is 0 Å². The fourth-order valence-corrected chi connectivity index (χ4v) is 1.66. The third kappa shape index (κ3) is 2.43. The molecule has 18 heavy (non-hydrogen) atoms. The molecule has 1 aromatic heterocycles. The number of nitrogens with one attached hydrogen (secondary N) is 1. The molecule has 0 unspecified atom stereocenters. The highest BCUT2D eigenvalue weighted by atomic mass is 35.5. The van der Waals surface area contributed by atoms with E-state index < -0.39 is 17.1 Å². The number of anilines is 1. The number of aromatic amines is 1. The standard InChI is InChI=1S/C11H9ClFN3O2/c12-8-5-16(11(18)15-10(8)17)4-6-1-2-7(13)3-9(6)14/h1-3,5H,4,14H2,(H,15,17,18). The Hall–Kier alpha value is -2.08. The van der Waals surface area contributed by atoms with E-state index >= 15 is 0 Å². The van der Waals surface area contributed by atoms with E-state index in [-0.39, 0.29) is 17.3 Å². The third-order valence-electron chi connectivity index (χ3n) is 2.42. The molecule has 5 nitrogen and oxygen atoms in total. The van der Waals surface area contributed by atoms with Gasteiger partial charge in [-0.25, -0.2) is 9.18 Å². The maximum atomic E-state index is 12.9. The Morgan fingerprint density at radius 1 is 1.39 bits per heavy atom. The van der Waals surface area contributed by atoms with Gasteiger partial charge in [-0.1, -0.05) is 17.7 Å². The van der Waals surface area contributed by atoms with Crippen molar-refractivity contribution in [2.75, 3.05) is 5.73 Å². The Labute approximate surface area is 106 Å². The second-order valence-electron chi connectivity index (χ2n) is 3.71. The van der Waals surface area contributed by atoms with Crippen molar-refractivity contribution in [1.29, 1.82) is 0 Å². The smallest absolute Gasteiger partial charge is 0.328 e. The molecule has 94 valence electrons. The molecule has 1 aromatic carbocycles. The van der Waals surface area contributed by atoms with E-state index in [0.717, 1.165) is 6.07 Å². The lowest BCUT2D eigenvalue weighted by Gasteiger charge is -2.08. The first-order chi connectivity index (χ1) is 8.47. The molecule has 0 amide bonds. The molecule has 0 aliphatic carbocycles. The number of nitrogen functional groups attached to an aromatic ring is 1. The van der Waals surface area contributed by atoms with Gasteiger partial charge in [0.1, 0.15) is 10.8 Å². The molecule has 0 saturated carbocycles. The Morgan fingerprint density at radius 3 is 2.78 bits per heavy atom. The lowest BCUT2D eigenvalue weighted by Crippen LogP contribution is -2.30. The lowest BCUT2D eigenvalue weighted by atomic mass is 10.2. The molecule has 0 spiro atoms. The monoisotopic (exact) mass is 269 g/mol. The Kier molecular flexibility index (Phi) is 3.20. The number of benzene rings is 1. The summed E-state index contributed by atoms with van der Waals surface area (Å²) in [7, 11) is 0. The van der Waals surface area contributed by atoms with Crippen LogP contribution in [-0.4, -0.2) is 9.55 Å². The minimum absolute atomic E-state index is 0.0987. The summed E-state index contributed by atoms with van der Waals surface area (Å²) in [6, 6.07) is 3.87. The topological polar surface area (TPSA) is 80.9 Å². The average Bonchev–Trinajstić information content (AvgIpc) is 2.29. The Bertz CT molecular complexity index is 708. The van der Waals surface area contributed by atoms with E-state index in [0.29, 0.717) is 5.56 Å². The fraction of sp³-hybridized carbons (Fsp3) is 0.0909. The number of nitrogens with zero attached hydrogens (tertiary/aromatic N) is 1. The predicted molar refractivity (Wildman–Crippen MR) is 66.2 cm³/mol. The molecular formula is C11H9ClFN3O2. The van der Waals surface area contributed by atoms with Crippen LogP contribution in [0.2, 0.25) is 5.02 Å². The van der Waals surface area contributed by atoms with Gasteiger partial charge >= 0.3 is 5.69 Å². The summed E-state index contributed by atoms with van der Waals surface area (Å²) in [5.74, 6) is -0.455. The zero-order chi connectivity index (χ0) is 13.3. The number of hydrogen-bond acceptors (Lipinski definition) is 3. The van der Waals surface area contributed by atoms with Gasteiger partial charge in [0, 0.05) is 11.9 Å². The number of hydrogen-bond donors (Lipinski definition) is 2. The van der Waals surface area contributed by atoms with Crippen molar-refractivity contribution in [1.82, 2.24) is 9.55 Å². The predicted octanol–water partition coefficient (Wildman–Crippen LogP) is 0.960. The van der Waals surface area contributed by atoms with Crippen molar-refractivity contribution in [2.24, 2.45) is 0 Å². The minimum Gasteiger partial charge on any atom is -0.398 e. The van der Waals surface area contributed by atoms with E-state index in [4.69, 9.17) is 17.3 Å². The van der Waals surface area contributed by atoms with Gasteiger partial charge < -0.3 is 5.73 Å². The van der Waals surface area contributed by atoms with Crippen LogP contribution in [-0.2, 0) is 6.54 Å². The van der Waals surface area contributed by atoms with Crippen LogP contribution >= 0.6 is 11.6 Å².